The summed E-state index contributed by atoms with van der Waals surface area (Å²) >= 11 is 10.4. The van der Waals surface area contributed by atoms with Crippen molar-refractivity contribution in [3.8, 4) is 5.75 Å². The summed E-state index contributed by atoms with van der Waals surface area (Å²) in [4.78, 5) is 11.9. The Labute approximate surface area is 126 Å². The summed E-state index contributed by atoms with van der Waals surface area (Å²) in [5.74, 6) is -1.10. The number of phenols is 1. The number of carboxylic acid groups (broad SMARTS) is 1. The molecule has 1 aromatic heterocycles. The van der Waals surface area contributed by atoms with Crippen LogP contribution in [0.5, 0.6) is 5.75 Å². The fraction of sp³-hybridized carbons (Fsp3) is 0. The zero-order valence-corrected chi connectivity index (χ0v) is 12.6. The predicted octanol–water partition coefficient (Wildman–Crippen LogP) is 4.49. The van der Waals surface area contributed by atoms with Crippen molar-refractivity contribution in [2.45, 2.75) is 0 Å². The lowest BCUT2D eigenvalue weighted by Gasteiger charge is -2.05. The number of phenolic OH excluding ortho intramolecular Hbond substituents is 1. The zero-order valence-electron chi connectivity index (χ0n) is 9.43. The van der Waals surface area contributed by atoms with Crippen LogP contribution < -0.4 is 0 Å². The molecular weight excluding hydrogens is 352 g/mol. The fourth-order valence-electron chi connectivity index (χ4n) is 1.52. The molecular formula is C13H8BrClO3S. The minimum absolute atomic E-state index is 0.0419. The maximum Gasteiger partial charge on any atom is 0.337 e. The topological polar surface area (TPSA) is 57.5 Å². The van der Waals surface area contributed by atoms with Crippen LogP contribution >= 0.6 is 38.9 Å². The van der Waals surface area contributed by atoms with E-state index in [0.717, 1.165) is 0 Å². The van der Waals surface area contributed by atoms with Crippen LogP contribution in [0.25, 0.3) is 11.6 Å². The monoisotopic (exact) mass is 358 g/mol. The molecule has 1 aromatic carbocycles. The third kappa shape index (κ3) is 3.18. The molecule has 0 atom stereocenters. The Balaban J connectivity index is 2.57. The number of thiophene rings is 1. The molecule has 0 aliphatic carbocycles. The molecule has 2 rings (SSSR count). The van der Waals surface area contributed by atoms with E-state index in [1.807, 2.05) is 0 Å². The average Bonchev–Trinajstić information content (AvgIpc) is 2.84. The van der Waals surface area contributed by atoms with Crippen molar-refractivity contribution < 1.29 is 15.0 Å². The fourth-order valence-corrected chi connectivity index (χ4v) is 3.09. The SMILES string of the molecule is O=C(O)/C(=C\c1cc(Cl)cc(Br)c1O)c1cccs1. The van der Waals surface area contributed by atoms with Gasteiger partial charge < -0.3 is 10.2 Å². The number of carbonyl (C=O) groups is 1. The van der Waals surface area contributed by atoms with Crippen LogP contribution in [0.2, 0.25) is 5.02 Å². The third-order valence-corrected chi connectivity index (χ3v) is 4.10. The van der Waals surface area contributed by atoms with Crippen LogP contribution in [0.15, 0.2) is 34.1 Å². The Hall–Kier alpha value is -1.30. The van der Waals surface area contributed by atoms with Crippen molar-refractivity contribution in [3.05, 3.63) is 49.6 Å². The van der Waals surface area contributed by atoms with Crippen LogP contribution in [-0.2, 0) is 4.79 Å². The van der Waals surface area contributed by atoms with E-state index in [2.05, 4.69) is 15.9 Å². The van der Waals surface area contributed by atoms with Crippen molar-refractivity contribution in [2.75, 3.05) is 0 Å². The van der Waals surface area contributed by atoms with Crippen molar-refractivity contribution >= 4 is 56.5 Å². The molecule has 1 heterocycles. The second-order valence-corrected chi connectivity index (χ2v) is 5.90. The van der Waals surface area contributed by atoms with Gasteiger partial charge in [0.2, 0.25) is 0 Å². The smallest absolute Gasteiger partial charge is 0.337 e. The maximum atomic E-state index is 11.3. The first-order chi connectivity index (χ1) is 8.99. The lowest BCUT2D eigenvalue weighted by atomic mass is 10.1. The quantitative estimate of drug-likeness (QED) is 0.794. The van der Waals surface area contributed by atoms with Crippen molar-refractivity contribution in [2.24, 2.45) is 0 Å². The van der Waals surface area contributed by atoms with Gasteiger partial charge in [-0.2, -0.15) is 0 Å². The van der Waals surface area contributed by atoms with Crippen LogP contribution in [0.4, 0.5) is 0 Å². The standard InChI is InChI=1S/C13H8BrClO3S/c14-10-6-8(15)4-7(12(10)16)5-9(13(17)18)11-2-1-3-19-11/h1-6,16H,(H,17,18)/b9-5-. The van der Waals surface area contributed by atoms with E-state index in [0.29, 0.717) is 19.9 Å². The zero-order chi connectivity index (χ0) is 14.0. The largest absolute Gasteiger partial charge is 0.506 e. The molecule has 0 saturated carbocycles. The van der Waals surface area contributed by atoms with Crippen LogP contribution in [0, 0.1) is 0 Å². The Morgan fingerprint density at radius 3 is 2.74 bits per heavy atom. The first-order valence-electron chi connectivity index (χ1n) is 5.16. The molecule has 2 N–H and O–H groups in total. The molecule has 6 heteroatoms. The van der Waals surface area contributed by atoms with Gasteiger partial charge in [0.15, 0.2) is 0 Å². The summed E-state index contributed by atoms with van der Waals surface area (Å²) in [7, 11) is 0. The van der Waals surface area contributed by atoms with Gasteiger partial charge in [0.05, 0.1) is 10.0 Å². The number of benzene rings is 1. The Morgan fingerprint density at radius 1 is 1.42 bits per heavy atom. The highest BCUT2D eigenvalue weighted by Crippen LogP contribution is 2.34. The summed E-state index contributed by atoms with van der Waals surface area (Å²) < 4.78 is 0.419. The number of carboxylic acids is 1. The number of rotatable bonds is 3. The van der Waals surface area contributed by atoms with Gasteiger partial charge in [-0.3, -0.25) is 0 Å². The van der Waals surface area contributed by atoms with Crippen LogP contribution in [0.1, 0.15) is 10.4 Å². The predicted molar refractivity (Wildman–Crippen MR) is 80.6 cm³/mol. The number of halogens is 2. The first kappa shape index (κ1) is 14.1. The van der Waals surface area contributed by atoms with E-state index in [1.54, 1.807) is 23.6 Å². The summed E-state index contributed by atoms with van der Waals surface area (Å²) in [6.07, 6.45) is 1.40. The molecule has 0 unspecified atom stereocenters. The van der Waals surface area contributed by atoms with Gasteiger partial charge in [0.1, 0.15) is 5.75 Å². The summed E-state index contributed by atoms with van der Waals surface area (Å²) in [5.41, 5.74) is 0.463. The van der Waals surface area contributed by atoms with E-state index in [-0.39, 0.29) is 11.3 Å². The van der Waals surface area contributed by atoms with E-state index < -0.39 is 5.97 Å². The minimum atomic E-state index is -1.06. The van der Waals surface area contributed by atoms with Gasteiger partial charge in [-0.05, 0) is 45.6 Å². The molecule has 0 saturated heterocycles. The summed E-state index contributed by atoms with van der Waals surface area (Å²) in [6.45, 7) is 0. The van der Waals surface area contributed by atoms with Crippen LogP contribution in [-0.4, -0.2) is 16.2 Å². The van der Waals surface area contributed by atoms with Gasteiger partial charge in [-0.1, -0.05) is 17.7 Å². The van der Waals surface area contributed by atoms with Crippen molar-refractivity contribution in [3.63, 3.8) is 0 Å². The second kappa shape index (κ2) is 5.77. The maximum absolute atomic E-state index is 11.3. The van der Waals surface area contributed by atoms with Crippen molar-refractivity contribution in [1.29, 1.82) is 0 Å². The summed E-state index contributed by atoms with van der Waals surface area (Å²) in [6, 6.07) is 6.53. The first-order valence-corrected chi connectivity index (χ1v) is 7.21. The minimum Gasteiger partial charge on any atom is -0.506 e. The number of hydrogen-bond acceptors (Lipinski definition) is 3. The molecule has 0 spiro atoms. The third-order valence-electron chi connectivity index (χ3n) is 2.37. The van der Waals surface area contributed by atoms with E-state index in [9.17, 15) is 15.0 Å². The van der Waals surface area contributed by atoms with Crippen LogP contribution in [0.3, 0.4) is 0 Å². The number of aliphatic carboxylic acids is 1. The number of hydrogen-bond donors (Lipinski definition) is 2. The molecule has 19 heavy (non-hydrogen) atoms. The van der Waals surface area contributed by atoms with E-state index >= 15 is 0 Å². The molecule has 0 fully saturated rings. The van der Waals surface area contributed by atoms with Gasteiger partial charge in [-0.25, -0.2) is 4.79 Å². The van der Waals surface area contributed by atoms with Gasteiger partial charge in [0.25, 0.3) is 0 Å². The molecule has 2 aromatic rings. The van der Waals surface area contributed by atoms with E-state index in [1.165, 1.54) is 23.5 Å². The Bertz CT molecular complexity index is 650. The molecule has 0 aliphatic heterocycles. The molecule has 0 bridgehead atoms. The molecule has 0 radical (unpaired) electrons. The molecule has 98 valence electrons. The highest BCUT2D eigenvalue weighted by atomic mass is 79.9. The lowest BCUT2D eigenvalue weighted by molar-refractivity contribution is -0.130. The van der Waals surface area contributed by atoms with Gasteiger partial charge >= 0.3 is 5.97 Å². The van der Waals surface area contributed by atoms with E-state index in [4.69, 9.17) is 11.6 Å². The normalized spacial score (nSPS) is 11.6. The Morgan fingerprint density at radius 2 is 2.16 bits per heavy atom. The second-order valence-electron chi connectivity index (χ2n) is 3.67. The molecule has 0 aliphatic rings. The number of aromatic hydroxyl groups is 1. The van der Waals surface area contributed by atoms with Crippen molar-refractivity contribution in [1.82, 2.24) is 0 Å². The lowest BCUT2D eigenvalue weighted by Crippen LogP contribution is -1.97. The highest BCUT2D eigenvalue weighted by molar-refractivity contribution is 9.10. The average molecular weight is 360 g/mol. The van der Waals surface area contributed by atoms with Gasteiger partial charge in [0, 0.05) is 15.5 Å². The molecule has 3 nitrogen and oxygen atoms in total. The summed E-state index contributed by atoms with van der Waals surface area (Å²) in [5, 5.41) is 21.4. The highest BCUT2D eigenvalue weighted by Gasteiger charge is 2.14. The molecule has 0 amide bonds. The Kier molecular flexibility index (Phi) is 4.29. The van der Waals surface area contributed by atoms with Gasteiger partial charge in [-0.15, -0.1) is 11.3 Å².